The lowest BCUT2D eigenvalue weighted by Crippen LogP contribution is -2.64. The van der Waals surface area contributed by atoms with Crippen LogP contribution in [0.25, 0.3) is 6.08 Å². The quantitative estimate of drug-likeness (QED) is 0.619. The maximum absolute atomic E-state index is 11.5. The second kappa shape index (κ2) is 6.27. The van der Waals surface area contributed by atoms with Gasteiger partial charge in [-0.3, -0.25) is 0 Å². The highest BCUT2D eigenvalue weighted by atomic mass is 16.7. The van der Waals surface area contributed by atoms with E-state index in [4.69, 9.17) is 9.47 Å². The molecule has 2 heterocycles. The molecule has 1 aromatic carbocycles. The van der Waals surface area contributed by atoms with Gasteiger partial charge in [-0.05, 0) is 86.6 Å². The molecule has 32 heavy (non-hydrogen) atoms. The Hall–Kier alpha value is -1.20. The summed E-state index contributed by atoms with van der Waals surface area (Å²) < 4.78 is 14.0. The number of fused-ring (bicyclic) bond motifs is 2. The average Bonchev–Trinajstić information content (AvgIpc) is 3.06. The minimum absolute atomic E-state index is 0.00420. The lowest BCUT2D eigenvalue weighted by Gasteiger charge is -2.60. The number of aliphatic hydroxyl groups excluding tert-OH is 2. The van der Waals surface area contributed by atoms with Crippen LogP contribution in [0.15, 0.2) is 12.1 Å². The molecular formula is C28H38O4. The maximum atomic E-state index is 11.5. The number of hydrogen-bond donors (Lipinski definition) is 2. The lowest BCUT2D eigenvalue weighted by atomic mass is 9.57. The first-order valence-corrected chi connectivity index (χ1v) is 12.6. The van der Waals surface area contributed by atoms with Gasteiger partial charge < -0.3 is 19.7 Å². The molecule has 3 aliphatic carbocycles. The van der Waals surface area contributed by atoms with Crippen molar-refractivity contribution >= 4 is 6.08 Å². The van der Waals surface area contributed by atoms with Crippen molar-refractivity contribution in [1.82, 2.24) is 0 Å². The van der Waals surface area contributed by atoms with Crippen LogP contribution in [-0.2, 0) is 27.9 Å². The van der Waals surface area contributed by atoms with E-state index in [1.54, 1.807) is 0 Å². The summed E-state index contributed by atoms with van der Waals surface area (Å²) in [5, 5.41) is 21.8. The number of ether oxygens (including phenoxy) is 2. The van der Waals surface area contributed by atoms with E-state index in [0.29, 0.717) is 5.92 Å². The van der Waals surface area contributed by atoms with Crippen molar-refractivity contribution in [2.45, 2.75) is 103 Å². The molecule has 5 aliphatic rings. The van der Waals surface area contributed by atoms with Crippen molar-refractivity contribution in [1.29, 1.82) is 0 Å². The predicted octanol–water partition coefficient (Wildman–Crippen LogP) is 4.65. The van der Waals surface area contributed by atoms with Crippen molar-refractivity contribution < 1.29 is 19.7 Å². The molecule has 8 unspecified atom stereocenters. The first-order valence-electron chi connectivity index (χ1n) is 12.6. The van der Waals surface area contributed by atoms with E-state index in [-0.39, 0.29) is 23.4 Å². The molecule has 2 bridgehead atoms. The zero-order chi connectivity index (χ0) is 22.8. The monoisotopic (exact) mass is 438 g/mol. The number of benzene rings is 1. The Balaban J connectivity index is 1.56. The van der Waals surface area contributed by atoms with E-state index in [1.165, 1.54) is 27.8 Å². The van der Waals surface area contributed by atoms with Crippen molar-refractivity contribution in [3.8, 4) is 0 Å². The van der Waals surface area contributed by atoms with E-state index >= 15 is 0 Å². The van der Waals surface area contributed by atoms with Gasteiger partial charge in [-0.1, -0.05) is 39.0 Å². The molecule has 4 heteroatoms. The molecule has 1 aromatic rings. The molecule has 0 amide bonds. The van der Waals surface area contributed by atoms with Gasteiger partial charge in [0.15, 0.2) is 5.79 Å². The van der Waals surface area contributed by atoms with E-state index in [9.17, 15) is 10.2 Å². The van der Waals surface area contributed by atoms with Gasteiger partial charge in [0.2, 0.25) is 0 Å². The summed E-state index contributed by atoms with van der Waals surface area (Å²) in [6.45, 7) is 13.1. The van der Waals surface area contributed by atoms with Gasteiger partial charge in [0.05, 0.1) is 11.7 Å². The Morgan fingerprint density at radius 3 is 2.47 bits per heavy atom. The summed E-state index contributed by atoms with van der Waals surface area (Å²) in [6, 6.07) is 2.38. The minimum atomic E-state index is -0.980. The van der Waals surface area contributed by atoms with E-state index in [1.807, 2.05) is 0 Å². The summed E-state index contributed by atoms with van der Waals surface area (Å²) >= 11 is 0. The zero-order valence-electron chi connectivity index (χ0n) is 20.4. The van der Waals surface area contributed by atoms with Crippen LogP contribution in [0.3, 0.4) is 0 Å². The minimum Gasteiger partial charge on any atom is -0.393 e. The van der Waals surface area contributed by atoms with Crippen molar-refractivity contribution in [2.24, 2.45) is 23.2 Å². The third kappa shape index (κ3) is 2.28. The number of aliphatic hydroxyl groups is 2. The molecule has 2 N–H and O–H groups in total. The van der Waals surface area contributed by atoms with Gasteiger partial charge in [0.25, 0.3) is 0 Å². The molecule has 6 rings (SSSR count). The van der Waals surface area contributed by atoms with Crippen molar-refractivity contribution in [2.75, 3.05) is 0 Å². The molecule has 8 atom stereocenters. The topological polar surface area (TPSA) is 58.9 Å². The van der Waals surface area contributed by atoms with E-state index in [2.05, 4.69) is 59.8 Å². The van der Waals surface area contributed by atoms with Crippen LogP contribution in [-0.4, -0.2) is 33.8 Å². The van der Waals surface area contributed by atoms with Gasteiger partial charge >= 0.3 is 0 Å². The summed E-state index contributed by atoms with van der Waals surface area (Å²) in [4.78, 5) is 0. The van der Waals surface area contributed by atoms with Crippen molar-refractivity contribution in [3.05, 3.63) is 40.0 Å². The fourth-order valence-electron chi connectivity index (χ4n) is 8.19. The van der Waals surface area contributed by atoms with Gasteiger partial charge in [-0.15, -0.1) is 0 Å². The first kappa shape index (κ1) is 21.3. The third-order valence-electron chi connectivity index (χ3n) is 10.5. The van der Waals surface area contributed by atoms with Crippen molar-refractivity contribution in [3.63, 3.8) is 0 Å². The van der Waals surface area contributed by atoms with Crippen LogP contribution in [0.2, 0.25) is 0 Å². The second-order valence-electron chi connectivity index (χ2n) is 12.1. The first-order chi connectivity index (χ1) is 15.0. The Morgan fingerprint density at radius 2 is 1.78 bits per heavy atom. The molecule has 3 fully saturated rings. The molecule has 174 valence electrons. The standard InChI is InChI=1S/C28H38O4/c1-15-20-9-11-26(6)22-10-12-27(26,23(20)13-18-7-8-19(29)14-21(15)18)32-28(16(22)2)24(30)17(3)25(4,5)31-28/h9,11,13,16-17,19,22,24,29-30H,7-8,10,12,14H2,1-6H3. The lowest BCUT2D eigenvalue weighted by molar-refractivity contribution is -0.382. The number of hydrogen-bond acceptors (Lipinski definition) is 4. The van der Waals surface area contributed by atoms with Crippen LogP contribution >= 0.6 is 0 Å². The molecule has 1 saturated carbocycles. The van der Waals surface area contributed by atoms with Gasteiger partial charge in [-0.2, -0.15) is 0 Å². The molecule has 0 radical (unpaired) electrons. The highest BCUT2D eigenvalue weighted by molar-refractivity contribution is 5.68. The number of aryl methyl sites for hydroxylation is 1. The smallest absolute Gasteiger partial charge is 0.199 e. The zero-order valence-corrected chi connectivity index (χ0v) is 20.4. The highest BCUT2D eigenvalue weighted by Crippen LogP contribution is 2.71. The summed E-state index contributed by atoms with van der Waals surface area (Å²) in [6.07, 6.45) is 8.31. The van der Waals surface area contributed by atoms with Gasteiger partial charge in [0.1, 0.15) is 11.7 Å². The Bertz CT molecular complexity index is 1030. The normalized spacial score (nSPS) is 47.9. The van der Waals surface area contributed by atoms with E-state index < -0.39 is 23.1 Å². The van der Waals surface area contributed by atoms with Gasteiger partial charge in [-0.25, -0.2) is 0 Å². The second-order valence-corrected chi connectivity index (χ2v) is 12.1. The predicted molar refractivity (Wildman–Crippen MR) is 124 cm³/mol. The van der Waals surface area contributed by atoms with Crippen LogP contribution in [0, 0.1) is 30.1 Å². The molecule has 2 saturated heterocycles. The molecular weight excluding hydrogens is 400 g/mol. The van der Waals surface area contributed by atoms with Crippen LogP contribution in [0.1, 0.15) is 81.7 Å². The summed E-state index contributed by atoms with van der Waals surface area (Å²) in [7, 11) is 0. The molecule has 4 nitrogen and oxygen atoms in total. The molecule has 2 aliphatic heterocycles. The molecule has 1 spiro atoms. The molecule has 0 aromatic heterocycles. The van der Waals surface area contributed by atoms with E-state index in [0.717, 1.165) is 32.1 Å². The fraction of sp³-hybridized carbons (Fsp3) is 0.714. The highest BCUT2D eigenvalue weighted by Gasteiger charge is 2.74. The largest absolute Gasteiger partial charge is 0.393 e. The van der Waals surface area contributed by atoms with Gasteiger partial charge in [0, 0.05) is 17.3 Å². The Morgan fingerprint density at radius 1 is 1.03 bits per heavy atom. The Kier molecular flexibility index (Phi) is 4.18. The fourth-order valence-corrected chi connectivity index (χ4v) is 8.19. The maximum Gasteiger partial charge on any atom is 0.199 e. The third-order valence-corrected chi connectivity index (χ3v) is 10.5. The van der Waals surface area contributed by atoms with Crippen LogP contribution in [0.5, 0.6) is 0 Å². The Labute approximate surface area is 192 Å². The van der Waals surface area contributed by atoms with Crippen LogP contribution < -0.4 is 0 Å². The average molecular weight is 439 g/mol. The summed E-state index contributed by atoms with van der Waals surface area (Å²) in [5.41, 5.74) is 5.42. The summed E-state index contributed by atoms with van der Waals surface area (Å²) in [5.74, 6) is -0.501. The van der Waals surface area contributed by atoms with Crippen LogP contribution in [0.4, 0.5) is 0 Å². The SMILES string of the molecule is Cc1c2c(cc3c1CC(O)CC3)C13CCC(C(C)C4(OC(C)(C)C(C)C4O)O1)C3(C)C=C2. The number of rotatable bonds is 0.